The van der Waals surface area contributed by atoms with E-state index in [2.05, 4.69) is 9.97 Å². The van der Waals surface area contributed by atoms with E-state index in [1.54, 1.807) is 18.7 Å². The van der Waals surface area contributed by atoms with Crippen LogP contribution in [-0.4, -0.2) is 9.97 Å². The van der Waals surface area contributed by atoms with E-state index in [1.165, 1.54) is 0 Å². The third-order valence-corrected chi connectivity index (χ3v) is 0.406. The normalized spacial score (nSPS) is 6.67. The summed E-state index contributed by atoms with van der Waals surface area (Å²) in [7, 11) is 0. The molecule has 0 saturated carbocycles. The van der Waals surface area contributed by atoms with Gasteiger partial charge in [0.2, 0.25) is 0 Å². The van der Waals surface area contributed by atoms with Gasteiger partial charge >= 0.3 is 29.6 Å². The molecule has 3 heteroatoms. The Morgan fingerprint density at radius 2 is 2.50 bits per heavy atom. The number of aromatic nitrogens is 2. The Labute approximate surface area is 59.8 Å². The van der Waals surface area contributed by atoms with Crippen molar-refractivity contribution >= 4 is 0 Å². The molecule has 0 aromatic carbocycles. The van der Waals surface area contributed by atoms with Gasteiger partial charge in [0.1, 0.15) is 0 Å². The van der Waals surface area contributed by atoms with Crippen LogP contribution in [0.2, 0.25) is 0 Å². The first-order valence-corrected chi connectivity index (χ1v) is 1.43. The Balaban J connectivity index is 0. The Morgan fingerprint density at radius 1 is 1.67 bits per heavy atom. The zero-order valence-electron chi connectivity index (χ0n) is 4.68. The summed E-state index contributed by atoms with van der Waals surface area (Å²) < 4.78 is 0. The number of aromatic amines is 1. The van der Waals surface area contributed by atoms with Crippen LogP contribution in [0.1, 0.15) is 1.43 Å². The molecule has 0 atom stereocenters. The summed E-state index contributed by atoms with van der Waals surface area (Å²) in [6.45, 7) is 0. The average Bonchev–Trinajstić information content (AvgIpc) is 1.76. The van der Waals surface area contributed by atoms with Crippen LogP contribution >= 0.6 is 0 Å². The van der Waals surface area contributed by atoms with Gasteiger partial charge in [-0.25, -0.2) is 4.98 Å². The SMILES string of the molecule is [H-].[Na+].c1c[nH]cn1. The van der Waals surface area contributed by atoms with E-state index in [1.807, 2.05) is 0 Å². The van der Waals surface area contributed by atoms with Crippen LogP contribution in [0.5, 0.6) is 0 Å². The second-order valence-corrected chi connectivity index (χ2v) is 0.761. The third-order valence-electron chi connectivity index (χ3n) is 0.406. The van der Waals surface area contributed by atoms with E-state index >= 15 is 0 Å². The summed E-state index contributed by atoms with van der Waals surface area (Å²) >= 11 is 0. The molecule has 0 spiro atoms. The second-order valence-electron chi connectivity index (χ2n) is 0.761. The summed E-state index contributed by atoms with van der Waals surface area (Å²) in [6, 6.07) is 0. The van der Waals surface area contributed by atoms with Gasteiger partial charge in [-0.15, -0.1) is 0 Å². The Bertz CT molecular complexity index is 69.4. The molecular formula is C3H5N2Na. The molecule has 1 N–H and O–H groups in total. The minimum absolute atomic E-state index is 0. The van der Waals surface area contributed by atoms with Gasteiger partial charge < -0.3 is 6.41 Å². The Morgan fingerprint density at radius 3 is 2.67 bits per heavy atom. The van der Waals surface area contributed by atoms with Crippen molar-refractivity contribution in [2.45, 2.75) is 0 Å². The molecule has 0 fully saturated rings. The molecule has 1 aromatic heterocycles. The molecule has 1 heterocycles. The van der Waals surface area contributed by atoms with Crippen LogP contribution in [0.15, 0.2) is 18.7 Å². The minimum Gasteiger partial charge on any atom is -1.00 e. The monoisotopic (exact) mass is 92.0 g/mol. The number of nitrogens with zero attached hydrogens (tertiary/aromatic N) is 1. The summed E-state index contributed by atoms with van der Waals surface area (Å²) in [6.07, 6.45) is 5.08. The molecular weight excluding hydrogens is 87.0 g/mol. The maximum Gasteiger partial charge on any atom is 1.00 e. The number of hydrogen-bond acceptors (Lipinski definition) is 1. The molecule has 0 aliphatic carbocycles. The molecule has 0 saturated heterocycles. The van der Waals surface area contributed by atoms with Crippen LogP contribution in [0, 0.1) is 0 Å². The number of imidazole rings is 1. The maximum atomic E-state index is 3.67. The van der Waals surface area contributed by atoms with Crippen LogP contribution in [0.4, 0.5) is 0 Å². The largest absolute Gasteiger partial charge is 1.00 e. The van der Waals surface area contributed by atoms with Gasteiger partial charge in [0.15, 0.2) is 0 Å². The van der Waals surface area contributed by atoms with E-state index in [0.29, 0.717) is 0 Å². The fourth-order valence-corrected chi connectivity index (χ4v) is 0.215. The van der Waals surface area contributed by atoms with Gasteiger partial charge in [-0.05, 0) is 0 Å². The van der Waals surface area contributed by atoms with Gasteiger partial charge in [0.25, 0.3) is 0 Å². The smallest absolute Gasteiger partial charge is 1.00 e. The van der Waals surface area contributed by atoms with Gasteiger partial charge in [0.05, 0.1) is 6.33 Å². The van der Waals surface area contributed by atoms with Crippen LogP contribution in [0.3, 0.4) is 0 Å². The summed E-state index contributed by atoms with van der Waals surface area (Å²) in [5.41, 5.74) is 0. The first-order chi connectivity index (χ1) is 2.50. The van der Waals surface area contributed by atoms with Crippen molar-refractivity contribution in [1.29, 1.82) is 0 Å². The molecule has 0 aliphatic heterocycles. The number of H-pyrrole nitrogens is 1. The molecule has 1 rings (SSSR count). The number of rotatable bonds is 0. The number of hydrogen-bond donors (Lipinski definition) is 1. The van der Waals surface area contributed by atoms with Crippen molar-refractivity contribution in [2.24, 2.45) is 0 Å². The summed E-state index contributed by atoms with van der Waals surface area (Å²) in [5.74, 6) is 0. The fourth-order valence-electron chi connectivity index (χ4n) is 0.215. The standard InChI is InChI=1S/C3H4N2.Na.H/c1-2-5-3-4-1;;/h1-3H,(H,4,5);;/q;+1;-1. The third kappa shape index (κ3) is 1.60. The summed E-state index contributed by atoms with van der Waals surface area (Å²) in [5, 5.41) is 0. The fraction of sp³-hybridized carbons (Fsp3) is 0. The van der Waals surface area contributed by atoms with E-state index in [9.17, 15) is 0 Å². The van der Waals surface area contributed by atoms with Gasteiger partial charge in [-0.3, -0.25) is 0 Å². The summed E-state index contributed by atoms with van der Waals surface area (Å²) in [4.78, 5) is 6.42. The molecule has 0 radical (unpaired) electrons. The average molecular weight is 92.1 g/mol. The quantitative estimate of drug-likeness (QED) is 0.353. The molecule has 28 valence electrons. The molecule has 0 bridgehead atoms. The molecule has 1 aromatic rings. The Kier molecular flexibility index (Phi) is 3.52. The molecule has 6 heavy (non-hydrogen) atoms. The van der Waals surface area contributed by atoms with E-state index in [0.717, 1.165) is 0 Å². The van der Waals surface area contributed by atoms with Gasteiger partial charge in [-0.1, -0.05) is 0 Å². The van der Waals surface area contributed by atoms with Gasteiger partial charge in [-0.2, -0.15) is 0 Å². The predicted molar refractivity (Wildman–Crippen MR) is 19.7 cm³/mol. The predicted octanol–water partition coefficient (Wildman–Crippen LogP) is -2.47. The molecule has 0 unspecified atom stereocenters. The zero-order chi connectivity index (χ0) is 3.54. The van der Waals surface area contributed by atoms with Crippen molar-refractivity contribution in [3.63, 3.8) is 0 Å². The Hall–Kier alpha value is 0.210. The topological polar surface area (TPSA) is 28.7 Å². The van der Waals surface area contributed by atoms with E-state index in [-0.39, 0.29) is 31.0 Å². The first-order valence-electron chi connectivity index (χ1n) is 1.43. The van der Waals surface area contributed by atoms with Crippen molar-refractivity contribution in [3.8, 4) is 0 Å². The molecule has 2 nitrogen and oxygen atoms in total. The van der Waals surface area contributed by atoms with Crippen molar-refractivity contribution in [1.82, 2.24) is 9.97 Å². The van der Waals surface area contributed by atoms with Crippen LogP contribution in [0.25, 0.3) is 0 Å². The van der Waals surface area contributed by atoms with E-state index in [4.69, 9.17) is 0 Å². The van der Waals surface area contributed by atoms with E-state index < -0.39 is 0 Å². The van der Waals surface area contributed by atoms with Crippen LogP contribution < -0.4 is 29.6 Å². The number of nitrogens with one attached hydrogen (secondary N) is 1. The van der Waals surface area contributed by atoms with Crippen molar-refractivity contribution < 1.29 is 31.0 Å². The molecule has 0 aliphatic rings. The van der Waals surface area contributed by atoms with Crippen molar-refractivity contribution in [2.75, 3.05) is 0 Å². The first kappa shape index (κ1) is 6.21. The minimum atomic E-state index is 0. The van der Waals surface area contributed by atoms with Crippen LogP contribution in [-0.2, 0) is 0 Å². The van der Waals surface area contributed by atoms with Crippen molar-refractivity contribution in [3.05, 3.63) is 18.7 Å². The zero-order valence-corrected chi connectivity index (χ0v) is 5.68. The maximum absolute atomic E-state index is 3.67. The second kappa shape index (κ2) is 3.40. The van der Waals surface area contributed by atoms with Gasteiger partial charge in [0, 0.05) is 12.4 Å². The molecule has 0 amide bonds.